The van der Waals surface area contributed by atoms with E-state index in [4.69, 9.17) is 4.74 Å². The Balaban J connectivity index is 1.67. The zero-order chi connectivity index (χ0) is 20.7. The zero-order valence-corrected chi connectivity index (χ0v) is 17.7. The Bertz CT molecular complexity index is 887. The highest BCUT2D eigenvalue weighted by Gasteiger charge is 2.27. The quantitative estimate of drug-likeness (QED) is 0.518. The van der Waals surface area contributed by atoms with Gasteiger partial charge >= 0.3 is 0 Å². The van der Waals surface area contributed by atoms with Crippen LogP contribution in [0.15, 0.2) is 45.9 Å². The fourth-order valence-electron chi connectivity index (χ4n) is 3.52. The normalized spacial score (nSPS) is 19.3. The molecule has 1 fully saturated rings. The number of carbonyl (C=O) groups excluding carboxylic acids is 1. The van der Waals surface area contributed by atoms with Gasteiger partial charge in [-0.2, -0.15) is 9.41 Å². The van der Waals surface area contributed by atoms with Crippen LogP contribution in [0, 0.1) is 0 Å². The summed E-state index contributed by atoms with van der Waals surface area (Å²) < 4.78 is 32.2. The molecule has 1 N–H and O–H groups in total. The van der Waals surface area contributed by atoms with Gasteiger partial charge in [0.25, 0.3) is 5.91 Å². The highest BCUT2D eigenvalue weighted by molar-refractivity contribution is 7.89. The van der Waals surface area contributed by atoms with E-state index in [-0.39, 0.29) is 10.5 Å². The predicted molar refractivity (Wildman–Crippen MR) is 112 cm³/mol. The minimum Gasteiger partial charge on any atom is -0.379 e. The molecule has 0 aromatic heterocycles. The molecule has 8 heteroatoms. The maximum atomic E-state index is 12.8. The predicted octanol–water partition coefficient (Wildman–Crippen LogP) is 3.09. The zero-order valence-electron chi connectivity index (χ0n) is 16.9. The summed E-state index contributed by atoms with van der Waals surface area (Å²) in [5.74, 6) is -0.406. The molecule has 0 unspecified atom stereocenters. The molecule has 0 spiro atoms. The second-order valence-electron chi connectivity index (χ2n) is 7.27. The lowest BCUT2D eigenvalue weighted by atomic mass is 10.1. The topological polar surface area (TPSA) is 88.1 Å². The van der Waals surface area contributed by atoms with Crippen LogP contribution in [-0.4, -0.2) is 50.6 Å². The second kappa shape index (κ2) is 10.1. The summed E-state index contributed by atoms with van der Waals surface area (Å²) in [5, 5.41) is 4.31. The number of rotatable bonds is 8. The number of nitrogens with zero attached hydrogens (tertiary/aromatic N) is 2. The van der Waals surface area contributed by atoms with Crippen LogP contribution in [0.1, 0.15) is 55.8 Å². The Morgan fingerprint density at radius 3 is 2.79 bits per heavy atom. The van der Waals surface area contributed by atoms with Crippen molar-refractivity contribution in [2.75, 3.05) is 26.3 Å². The first-order valence-electron chi connectivity index (χ1n) is 10.3. The summed E-state index contributed by atoms with van der Waals surface area (Å²) in [5.41, 5.74) is 5.01. The van der Waals surface area contributed by atoms with Crippen LogP contribution < -0.4 is 5.43 Å². The van der Waals surface area contributed by atoms with Gasteiger partial charge < -0.3 is 4.74 Å². The Kier molecular flexibility index (Phi) is 7.57. The van der Waals surface area contributed by atoms with Gasteiger partial charge in [0.2, 0.25) is 10.0 Å². The van der Waals surface area contributed by atoms with Crippen LogP contribution in [0.5, 0.6) is 0 Å². The van der Waals surface area contributed by atoms with Crippen LogP contribution in [0.25, 0.3) is 0 Å². The number of hydrogen-bond donors (Lipinski definition) is 1. The Morgan fingerprint density at radius 2 is 2.03 bits per heavy atom. The molecule has 3 rings (SSSR count). The van der Waals surface area contributed by atoms with Gasteiger partial charge in [0.1, 0.15) is 0 Å². The van der Waals surface area contributed by atoms with Gasteiger partial charge in [0, 0.05) is 18.7 Å². The summed E-state index contributed by atoms with van der Waals surface area (Å²) in [7, 11) is -3.64. The van der Waals surface area contributed by atoms with Crippen LogP contribution in [-0.2, 0) is 14.8 Å². The number of hydrazone groups is 1. The van der Waals surface area contributed by atoms with E-state index in [2.05, 4.69) is 23.5 Å². The van der Waals surface area contributed by atoms with E-state index in [9.17, 15) is 13.2 Å². The standard InChI is InChI=1S/C21H29N3O4S/c1-2-3-4-7-17-8-6-11-20(17)22-23-21(25)18-9-5-10-19(16-18)29(26,27)24-12-14-28-15-13-24/h5,8-10,16H,2-4,6-7,11-15H2,1H3,(H,23,25)/b22-20-. The van der Waals surface area contributed by atoms with E-state index < -0.39 is 15.9 Å². The van der Waals surface area contributed by atoms with Crippen LogP contribution in [0.3, 0.4) is 0 Å². The number of amides is 1. The number of ether oxygens (including phenoxy) is 1. The van der Waals surface area contributed by atoms with E-state index in [1.165, 1.54) is 34.9 Å². The van der Waals surface area contributed by atoms with Crippen LogP contribution in [0.4, 0.5) is 0 Å². The van der Waals surface area contributed by atoms with Crippen molar-refractivity contribution in [3.05, 3.63) is 41.5 Å². The first-order chi connectivity index (χ1) is 14.0. The van der Waals surface area contributed by atoms with Gasteiger partial charge in [-0.05, 0) is 49.5 Å². The van der Waals surface area contributed by atoms with E-state index in [1.54, 1.807) is 12.1 Å². The minimum atomic E-state index is -3.64. The lowest BCUT2D eigenvalue weighted by molar-refractivity contribution is 0.0730. The van der Waals surface area contributed by atoms with Crippen molar-refractivity contribution in [1.29, 1.82) is 0 Å². The number of benzene rings is 1. The van der Waals surface area contributed by atoms with E-state index in [1.807, 2.05) is 0 Å². The number of hydrogen-bond acceptors (Lipinski definition) is 5. The summed E-state index contributed by atoms with van der Waals surface area (Å²) in [6.07, 6.45) is 8.42. The van der Waals surface area contributed by atoms with E-state index in [0.717, 1.165) is 31.4 Å². The minimum absolute atomic E-state index is 0.112. The fourth-order valence-corrected chi connectivity index (χ4v) is 4.97. The molecule has 1 amide bonds. The molecular formula is C21H29N3O4S. The summed E-state index contributed by atoms with van der Waals surface area (Å²) in [4.78, 5) is 12.7. The number of allylic oxidation sites excluding steroid dienone is 2. The van der Waals surface area contributed by atoms with Crippen molar-refractivity contribution in [3.8, 4) is 0 Å². The Morgan fingerprint density at radius 1 is 1.24 bits per heavy atom. The van der Waals surface area contributed by atoms with Gasteiger partial charge in [-0.25, -0.2) is 13.8 Å². The fraction of sp³-hybridized carbons (Fsp3) is 0.524. The summed E-state index contributed by atoms with van der Waals surface area (Å²) in [6.45, 7) is 3.57. The molecule has 29 heavy (non-hydrogen) atoms. The highest BCUT2D eigenvalue weighted by Crippen LogP contribution is 2.21. The first-order valence-corrected chi connectivity index (χ1v) is 11.7. The molecule has 1 aromatic rings. The van der Waals surface area contributed by atoms with Crippen molar-refractivity contribution in [2.24, 2.45) is 5.10 Å². The van der Waals surface area contributed by atoms with Gasteiger partial charge in [-0.1, -0.05) is 31.9 Å². The largest absolute Gasteiger partial charge is 0.379 e. The number of nitrogens with one attached hydrogen (secondary N) is 1. The van der Waals surface area contributed by atoms with Crippen LogP contribution >= 0.6 is 0 Å². The average Bonchev–Trinajstić information content (AvgIpc) is 3.20. The SMILES string of the molecule is CCCCCC1=CCC/C1=N/NC(=O)c1cccc(S(=O)(=O)N2CCOCC2)c1. The lowest BCUT2D eigenvalue weighted by Gasteiger charge is -2.26. The summed E-state index contributed by atoms with van der Waals surface area (Å²) in [6, 6.07) is 6.10. The third-order valence-corrected chi connectivity index (χ3v) is 7.08. The smallest absolute Gasteiger partial charge is 0.271 e. The molecule has 1 aliphatic heterocycles. The molecule has 0 bridgehead atoms. The molecule has 0 radical (unpaired) electrons. The van der Waals surface area contributed by atoms with Crippen LogP contribution in [0.2, 0.25) is 0 Å². The van der Waals surface area contributed by atoms with Gasteiger partial charge in [0.05, 0.1) is 23.8 Å². The molecule has 1 saturated heterocycles. The molecule has 7 nitrogen and oxygen atoms in total. The molecular weight excluding hydrogens is 390 g/mol. The Hall–Kier alpha value is -2.03. The highest BCUT2D eigenvalue weighted by atomic mass is 32.2. The van der Waals surface area contributed by atoms with E-state index in [0.29, 0.717) is 26.3 Å². The Labute approximate surface area is 172 Å². The van der Waals surface area contributed by atoms with Crippen molar-refractivity contribution >= 4 is 21.6 Å². The third kappa shape index (κ3) is 5.52. The van der Waals surface area contributed by atoms with Crippen molar-refractivity contribution in [3.63, 3.8) is 0 Å². The van der Waals surface area contributed by atoms with Gasteiger partial charge in [-0.15, -0.1) is 0 Å². The number of sulfonamides is 1. The summed E-state index contributed by atoms with van der Waals surface area (Å²) >= 11 is 0. The average molecular weight is 420 g/mol. The third-order valence-electron chi connectivity index (χ3n) is 5.19. The molecule has 0 saturated carbocycles. The van der Waals surface area contributed by atoms with Gasteiger partial charge in [-0.3, -0.25) is 4.79 Å². The molecule has 2 aliphatic rings. The number of carbonyl (C=O) groups is 1. The lowest BCUT2D eigenvalue weighted by Crippen LogP contribution is -2.40. The van der Waals surface area contributed by atoms with Crippen molar-refractivity contribution in [1.82, 2.24) is 9.73 Å². The number of unbranched alkanes of at least 4 members (excludes halogenated alkanes) is 2. The monoisotopic (exact) mass is 419 g/mol. The van der Waals surface area contributed by atoms with Gasteiger partial charge in [0.15, 0.2) is 0 Å². The molecule has 1 aromatic carbocycles. The maximum absolute atomic E-state index is 12.8. The van der Waals surface area contributed by atoms with Crippen molar-refractivity contribution in [2.45, 2.75) is 50.3 Å². The van der Waals surface area contributed by atoms with E-state index >= 15 is 0 Å². The molecule has 1 aliphatic carbocycles. The second-order valence-corrected chi connectivity index (χ2v) is 9.21. The van der Waals surface area contributed by atoms with Crippen molar-refractivity contribution < 1.29 is 17.9 Å². The molecule has 158 valence electrons. The molecule has 0 atom stereocenters. The molecule has 1 heterocycles. The number of morpholine rings is 1. The maximum Gasteiger partial charge on any atom is 0.271 e. The first kappa shape index (κ1) is 21.7.